The summed E-state index contributed by atoms with van der Waals surface area (Å²) in [4.78, 5) is 0. The third-order valence-corrected chi connectivity index (χ3v) is 1.93. The summed E-state index contributed by atoms with van der Waals surface area (Å²) in [5, 5.41) is 15.4. The fourth-order valence-electron chi connectivity index (χ4n) is 0.529. The van der Waals surface area contributed by atoms with Crippen molar-refractivity contribution in [3.8, 4) is 6.07 Å². The molecule has 0 aliphatic carbocycles. The van der Waals surface area contributed by atoms with E-state index in [-0.39, 0.29) is 21.7 Å². The van der Waals surface area contributed by atoms with Gasteiger partial charge in [-0.1, -0.05) is 0 Å². The van der Waals surface area contributed by atoms with Crippen LogP contribution in [0.5, 0.6) is 0 Å². The van der Waals surface area contributed by atoms with Gasteiger partial charge in [0.2, 0.25) is 1.43 Å². The Morgan fingerprint density at radius 1 is 1.77 bits per heavy atom. The van der Waals surface area contributed by atoms with E-state index in [4.69, 9.17) is 15.7 Å². The number of aliphatic hydroxyl groups excluding tert-OH is 1. The Morgan fingerprint density at radius 2 is 2.62 bits per heavy atom. The highest BCUT2D eigenvalue weighted by Gasteiger charge is 2.02. The SMILES string of the molecule is [3H]OC[C@@H](COPOCCC#N)NC. The molecule has 76 valence electrons. The summed E-state index contributed by atoms with van der Waals surface area (Å²) in [5.41, 5.74) is 0. The van der Waals surface area contributed by atoms with Gasteiger partial charge in [-0.15, -0.1) is 0 Å². The summed E-state index contributed by atoms with van der Waals surface area (Å²) in [6, 6.07) is 1.97. The topological polar surface area (TPSA) is 74.5 Å². The van der Waals surface area contributed by atoms with Gasteiger partial charge in [0.05, 0.1) is 38.4 Å². The minimum Gasteiger partial charge on any atom is -0.395 e. The monoisotopic (exact) mass is 208 g/mol. The van der Waals surface area contributed by atoms with Gasteiger partial charge in [-0.05, 0) is 7.05 Å². The van der Waals surface area contributed by atoms with Crippen LogP contribution in [0.4, 0.5) is 0 Å². The van der Waals surface area contributed by atoms with Crippen molar-refractivity contribution in [1.82, 2.24) is 5.32 Å². The van der Waals surface area contributed by atoms with E-state index in [1.807, 2.05) is 6.07 Å². The maximum absolute atomic E-state index is 8.20. The molecular weight excluding hydrogens is 191 g/mol. The fraction of sp³-hybridized carbons (Fsp3) is 0.857. The molecule has 6 heteroatoms. The van der Waals surface area contributed by atoms with Crippen molar-refractivity contribution in [2.75, 3.05) is 26.9 Å². The molecule has 0 spiro atoms. The molecule has 13 heavy (non-hydrogen) atoms. The molecular formula is C7H15N2O3P. The smallest absolute Gasteiger partial charge is 0.210 e. The number of hydrogen-bond acceptors (Lipinski definition) is 5. The van der Waals surface area contributed by atoms with Crippen molar-refractivity contribution in [3.63, 3.8) is 0 Å². The summed E-state index contributed by atoms with van der Waals surface area (Å²) in [6.07, 6.45) is 0.377. The van der Waals surface area contributed by atoms with Crippen LogP contribution in [-0.4, -0.2) is 39.5 Å². The highest BCUT2D eigenvalue weighted by atomic mass is 31.1. The summed E-state index contributed by atoms with van der Waals surface area (Å²) >= 11 is 0. The molecule has 0 radical (unpaired) electrons. The van der Waals surface area contributed by atoms with E-state index in [0.29, 0.717) is 19.6 Å². The van der Waals surface area contributed by atoms with Crippen LogP contribution >= 0.6 is 9.03 Å². The standard InChI is InChI=1S/C7H15N2O3P/c1-9-7(5-10)6-12-13-11-4-2-3-8/h7,9-10,13H,2,4-6H2,1H3/t7-/m0/s1/i10T. The van der Waals surface area contributed by atoms with Gasteiger partial charge in [0.25, 0.3) is 0 Å². The summed E-state index contributed by atoms with van der Waals surface area (Å²) < 4.78 is 16.7. The lowest BCUT2D eigenvalue weighted by Gasteiger charge is -2.12. The number of nitrogens with one attached hydrogen (secondary N) is 1. The molecule has 0 rings (SSSR count). The molecule has 5 nitrogen and oxygen atoms in total. The number of nitrogens with zero attached hydrogens (tertiary/aromatic N) is 1. The van der Waals surface area contributed by atoms with E-state index in [9.17, 15) is 0 Å². The van der Waals surface area contributed by atoms with Crippen LogP contribution in [0.15, 0.2) is 0 Å². The average molecular weight is 208 g/mol. The van der Waals surface area contributed by atoms with Crippen molar-refractivity contribution in [3.05, 3.63) is 0 Å². The van der Waals surface area contributed by atoms with Crippen molar-refractivity contribution >= 4 is 9.03 Å². The zero-order chi connectivity index (χ0) is 10.6. The van der Waals surface area contributed by atoms with E-state index >= 15 is 0 Å². The first-order chi connectivity index (χ1) is 6.85. The molecule has 0 aromatic heterocycles. The van der Waals surface area contributed by atoms with Gasteiger partial charge in [-0.25, -0.2) is 0 Å². The van der Waals surface area contributed by atoms with Crippen LogP contribution in [0, 0.1) is 11.3 Å². The molecule has 0 saturated carbocycles. The van der Waals surface area contributed by atoms with E-state index in [2.05, 4.69) is 10.4 Å². The van der Waals surface area contributed by atoms with E-state index in [0.717, 1.165) is 0 Å². The van der Waals surface area contributed by atoms with Crippen molar-refractivity contribution in [1.29, 1.82) is 6.69 Å². The van der Waals surface area contributed by atoms with Crippen LogP contribution in [0.25, 0.3) is 0 Å². The summed E-state index contributed by atoms with van der Waals surface area (Å²) in [6.45, 7) is 1.10. The Balaban J connectivity index is 3.20. The lowest BCUT2D eigenvalue weighted by molar-refractivity contribution is 0.185. The van der Waals surface area contributed by atoms with Crippen molar-refractivity contribution < 1.29 is 14.2 Å². The van der Waals surface area contributed by atoms with Gasteiger partial charge >= 0.3 is 0 Å². The molecule has 2 atom stereocenters. The Bertz CT molecular complexity index is 168. The Hall–Kier alpha value is -0.240. The predicted molar refractivity (Wildman–Crippen MR) is 50.4 cm³/mol. The van der Waals surface area contributed by atoms with E-state index in [1.54, 1.807) is 7.05 Å². The minimum absolute atomic E-state index is 0.000401. The number of likely N-dealkylation sites (N-methyl/N-ethyl adjacent to an activating group) is 1. The van der Waals surface area contributed by atoms with E-state index in [1.165, 1.54) is 0 Å². The maximum Gasteiger partial charge on any atom is 0.210 e. The van der Waals surface area contributed by atoms with Gasteiger partial charge in [0.15, 0.2) is 9.03 Å². The molecule has 0 aliphatic rings. The normalized spacial score (nSPS) is 14.3. The van der Waals surface area contributed by atoms with Gasteiger partial charge in [-0.2, -0.15) is 5.26 Å². The number of hydrogen-bond donors (Lipinski definition) is 2. The van der Waals surface area contributed by atoms with Crippen LogP contribution in [0.3, 0.4) is 0 Å². The molecule has 0 aliphatic heterocycles. The second-order valence-corrected chi connectivity index (χ2v) is 3.05. The first-order valence-corrected chi connectivity index (χ1v) is 4.77. The third kappa shape index (κ3) is 8.10. The Morgan fingerprint density at radius 3 is 3.23 bits per heavy atom. The van der Waals surface area contributed by atoms with Gasteiger partial charge in [0.1, 0.15) is 0 Å². The fourth-order valence-corrected chi connectivity index (χ4v) is 1.07. The Kier molecular flexibility index (Phi) is 8.21. The molecule has 1 unspecified atom stereocenters. The number of aliphatic hydroxyl groups is 1. The molecule has 0 saturated heterocycles. The van der Waals surface area contributed by atoms with Crippen molar-refractivity contribution in [2.45, 2.75) is 12.5 Å². The molecule has 0 bridgehead atoms. The summed E-state index contributed by atoms with van der Waals surface area (Å²) in [5.74, 6) is 0. The quantitative estimate of drug-likeness (QED) is 0.413. The zero-order valence-corrected chi connectivity index (χ0v) is 8.58. The van der Waals surface area contributed by atoms with Gasteiger partial charge < -0.3 is 19.5 Å². The molecule has 0 aromatic rings. The lowest BCUT2D eigenvalue weighted by Crippen LogP contribution is -2.32. The molecule has 0 fully saturated rings. The van der Waals surface area contributed by atoms with Crippen LogP contribution in [-0.2, 0) is 9.05 Å². The number of rotatable bonds is 9. The Labute approximate surface area is 81.5 Å². The largest absolute Gasteiger partial charge is 0.395 e. The number of nitriles is 1. The minimum atomic E-state index is -0.0656. The first kappa shape index (κ1) is 10.8. The highest BCUT2D eigenvalue weighted by Crippen LogP contribution is 2.13. The van der Waals surface area contributed by atoms with Crippen LogP contribution in [0.2, 0.25) is 0 Å². The second kappa shape index (κ2) is 9.85. The van der Waals surface area contributed by atoms with Gasteiger partial charge in [0, 0.05) is 0 Å². The molecule has 0 heterocycles. The van der Waals surface area contributed by atoms with Gasteiger partial charge in [-0.3, -0.25) is 0 Å². The van der Waals surface area contributed by atoms with E-state index < -0.39 is 0 Å². The summed E-state index contributed by atoms with van der Waals surface area (Å²) in [7, 11) is 1.70. The van der Waals surface area contributed by atoms with Crippen LogP contribution < -0.4 is 5.32 Å². The molecule has 2 N–H and O–H groups in total. The first-order valence-electron chi connectivity index (χ1n) is 4.36. The second-order valence-electron chi connectivity index (χ2n) is 2.30. The van der Waals surface area contributed by atoms with Crippen molar-refractivity contribution in [2.24, 2.45) is 0 Å². The predicted octanol–water partition coefficient (Wildman–Crippen LogP) is 0.0221. The lowest BCUT2D eigenvalue weighted by atomic mass is 10.3. The molecule has 0 amide bonds. The molecule has 0 aromatic carbocycles. The highest BCUT2D eigenvalue weighted by molar-refractivity contribution is 7.26. The average Bonchev–Trinajstić information content (AvgIpc) is 2.21. The maximum atomic E-state index is 8.20. The van der Waals surface area contributed by atoms with Crippen LogP contribution in [0.1, 0.15) is 6.42 Å². The third-order valence-electron chi connectivity index (χ3n) is 1.33. The zero-order valence-electron chi connectivity index (χ0n) is 8.58.